The second-order valence-corrected chi connectivity index (χ2v) is 5.85. The standard InChI is InChI=1S/C16H21N3O4S/c1-21-10-13(17)15(20)19(16-18-6-7-24-16)9-11-4-5-12(22-2)8-14(11)23-3/h4-8,13H,9-10,17H2,1-3H3. The molecule has 2 rings (SSSR count). The molecule has 1 aromatic carbocycles. The minimum Gasteiger partial charge on any atom is -0.497 e. The fourth-order valence-corrected chi connectivity index (χ4v) is 2.84. The number of thiazole rings is 1. The third-order valence-corrected chi connectivity index (χ3v) is 4.20. The van der Waals surface area contributed by atoms with E-state index in [1.54, 1.807) is 31.4 Å². The summed E-state index contributed by atoms with van der Waals surface area (Å²) in [4.78, 5) is 18.4. The predicted molar refractivity (Wildman–Crippen MR) is 92.7 cm³/mol. The number of hydrogen-bond acceptors (Lipinski definition) is 7. The Hall–Kier alpha value is -2.16. The summed E-state index contributed by atoms with van der Waals surface area (Å²) >= 11 is 1.37. The zero-order valence-electron chi connectivity index (χ0n) is 13.9. The van der Waals surface area contributed by atoms with Crippen molar-refractivity contribution < 1.29 is 19.0 Å². The van der Waals surface area contributed by atoms with Gasteiger partial charge in [0.25, 0.3) is 0 Å². The van der Waals surface area contributed by atoms with Crippen LogP contribution in [0.15, 0.2) is 29.8 Å². The summed E-state index contributed by atoms with van der Waals surface area (Å²) in [7, 11) is 4.67. The zero-order valence-corrected chi connectivity index (χ0v) is 14.7. The summed E-state index contributed by atoms with van der Waals surface area (Å²) in [6.07, 6.45) is 1.65. The fraction of sp³-hybridized carbons (Fsp3) is 0.375. The first kappa shape index (κ1) is 18.2. The highest BCUT2D eigenvalue weighted by Gasteiger charge is 2.25. The molecule has 0 saturated carbocycles. The number of aromatic nitrogens is 1. The third kappa shape index (κ3) is 4.22. The monoisotopic (exact) mass is 351 g/mol. The number of nitrogens with zero attached hydrogens (tertiary/aromatic N) is 2. The smallest absolute Gasteiger partial charge is 0.248 e. The largest absolute Gasteiger partial charge is 0.497 e. The van der Waals surface area contributed by atoms with Crippen LogP contribution in [0.25, 0.3) is 0 Å². The summed E-state index contributed by atoms with van der Waals surface area (Å²) in [6.45, 7) is 0.428. The van der Waals surface area contributed by atoms with Crippen LogP contribution in [0.1, 0.15) is 5.56 Å². The van der Waals surface area contributed by atoms with E-state index in [4.69, 9.17) is 19.9 Å². The van der Waals surface area contributed by atoms with Gasteiger partial charge in [0.15, 0.2) is 5.13 Å². The van der Waals surface area contributed by atoms with Gasteiger partial charge >= 0.3 is 0 Å². The van der Waals surface area contributed by atoms with Crippen molar-refractivity contribution in [1.82, 2.24) is 4.98 Å². The fourth-order valence-electron chi connectivity index (χ4n) is 2.19. The quantitative estimate of drug-likeness (QED) is 0.778. The maximum absolute atomic E-state index is 12.7. The molecule has 0 radical (unpaired) electrons. The van der Waals surface area contributed by atoms with E-state index in [-0.39, 0.29) is 19.1 Å². The molecule has 1 unspecified atom stereocenters. The molecule has 0 spiro atoms. The highest BCUT2D eigenvalue weighted by atomic mass is 32.1. The molecule has 7 nitrogen and oxygen atoms in total. The number of carbonyl (C=O) groups is 1. The number of hydrogen-bond donors (Lipinski definition) is 1. The Morgan fingerprint density at radius 3 is 2.71 bits per heavy atom. The van der Waals surface area contributed by atoms with Crippen molar-refractivity contribution >= 4 is 22.4 Å². The van der Waals surface area contributed by atoms with Gasteiger partial charge in [-0.25, -0.2) is 4.98 Å². The average Bonchev–Trinajstić information content (AvgIpc) is 3.13. The van der Waals surface area contributed by atoms with Gasteiger partial charge in [0, 0.05) is 30.3 Å². The molecule has 0 aliphatic rings. The summed E-state index contributed by atoms with van der Waals surface area (Å²) in [5.41, 5.74) is 6.74. The van der Waals surface area contributed by atoms with Gasteiger partial charge in [-0.3, -0.25) is 9.69 Å². The van der Waals surface area contributed by atoms with Gasteiger partial charge in [0.1, 0.15) is 17.5 Å². The van der Waals surface area contributed by atoms with Crippen molar-refractivity contribution in [2.45, 2.75) is 12.6 Å². The van der Waals surface area contributed by atoms with Gasteiger partial charge in [0.05, 0.1) is 27.4 Å². The molecule has 8 heteroatoms. The van der Waals surface area contributed by atoms with Crippen LogP contribution >= 0.6 is 11.3 Å². The Bertz CT molecular complexity index is 663. The number of anilines is 1. The molecule has 0 aliphatic carbocycles. The molecular formula is C16H21N3O4S. The van der Waals surface area contributed by atoms with Crippen molar-refractivity contribution in [3.8, 4) is 11.5 Å². The first-order chi connectivity index (χ1) is 11.6. The van der Waals surface area contributed by atoms with Gasteiger partial charge in [-0.1, -0.05) is 0 Å². The van der Waals surface area contributed by atoms with Crippen molar-refractivity contribution in [1.29, 1.82) is 0 Å². The lowest BCUT2D eigenvalue weighted by Gasteiger charge is -2.24. The lowest BCUT2D eigenvalue weighted by Crippen LogP contribution is -2.46. The highest BCUT2D eigenvalue weighted by molar-refractivity contribution is 7.13. The van der Waals surface area contributed by atoms with Gasteiger partial charge < -0.3 is 19.9 Å². The van der Waals surface area contributed by atoms with Crippen LogP contribution in [0.4, 0.5) is 5.13 Å². The SMILES string of the molecule is COCC(N)C(=O)N(Cc1ccc(OC)cc1OC)c1nccs1. The molecule has 0 fully saturated rings. The van der Waals surface area contributed by atoms with Crippen LogP contribution in [0.2, 0.25) is 0 Å². The second kappa shape index (κ2) is 8.62. The van der Waals surface area contributed by atoms with E-state index in [1.165, 1.54) is 18.4 Å². The van der Waals surface area contributed by atoms with E-state index in [0.29, 0.717) is 16.6 Å². The number of ether oxygens (including phenoxy) is 3. The van der Waals surface area contributed by atoms with E-state index in [2.05, 4.69) is 4.98 Å². The normalized spacial score (nSPS) is 11.8. The number of methoxy groups -OCH3 is 3. The first-order valence-corrected chi connectivity index (χ1v) is 8.15. The Morgan fingerprint density at radius 1 is 1.33 bits per heavy atom. The Morgan fingerprint density at radius 2 is 2.12 bits per heavy atom. The molecule has 2 aromatic rings. The van der Waals surface area contributed by atoms with Crippen LogP contribution in [0.3, 0.4) is 0 Å². The number of nitrogens with two attached hydrogens (primary N) is 1. The van der Waals surface area contributed by atoms with Crippen LogP contribution < -0.4 is 20.1 Å². The molecular weight excluding hydrogens is 330 g/mol. The van der Waals surface area contributed by atoms with Gasteiger partial charge in [-0.15, -0.1) is 11.3 Å². The van der Waals surface area contributed by atoms with E-state index in [0.717, 1.165) is 5.56 Å². The molecule has 0 bridgehead atoms. The molecule has 24 heavy (non-hydrogen) atoms. The summed E-state index contributed by atoms with van der Waals surface area (Å²) in [5.74, 6) is 1.05. The van der Waals surface area contributed by atoms with Crippen molar-refractivity contribution in [3.63, 3.8) is 0 Å². The minimum atomic E-state index is -0.761. The highest BCUT2D eigenvalue weighted by Crippen LogP contribution is 2.28. The second-order valence-electron chi connectivity index (χ2n) is 4.98. The minimum absolute atomic E-state index is 0.139. The van der Waals surface area contributed by atoms with Gasteiger partial charge in [-0.2, -0.15) is 0 Å². The van der Waals surface area contributed by atoms with E-state index < -0.39 is 6.04 Å². The molecule has 2 N–H and O–H groups in total. The van der Waals surface area contributed by atoms with Crippen molar-refractivity contribution in [3.05, 3.63) is 35.3 Å². The number of amides is 1. The topological polar surface area (TPSA) is 86.9 Å². The third-order valence-electron chi connectivity index (χ3n) is 3.40. The Balaban J connectivity index is 2.31. The number of benzene rings is 1. The lowest BCUT2D eigenvalue weighted by atomic mass is 10.1. The van der Waals surface area contributed by atoms with Gasteiger partial charge in [-0.05, 0) is 12.1 Å². The van der Waals surface area contributed by atoms with E-state index >= 15 is 0 Å². The Kier molecular flexibility index (Phi) is 6.53. The summed E-state index contributed by atoms with van der Waals surface area (Å²) < 4.78 is 15.6. The Labute approximate surface area is 145 Å². The van der Waals surface area contributed by atoms with Crippen LogP contribution in [-0.2, 0) is 16.1 Å². The van der Waals surface area contributed by atoms with E-state index in [1.807, 2.05) is 17.5 Å². The van der Waals surface area contributed by atoms with Crippen molar-refractivity contribution in [2.75, 3.05) is 32.8 Å². The molecule has 0 aliphatic heterocycles. The average molecular weight is 351 g/mol. The number of carbonyl (C=O) groups excluding carboxylic acids is 1. The molecule has 1 heterocycles. The van der Waals surface area contributed by atoms with Gasteiger partial charge in [0.2, 0.25) is 5.91 Å². The van der Waals surface area contributed by atoms with Crippen molar-refractivity contribution in [2.24, 2.45) is 5.73 Å². The maximum Gasteiger partial charge on any atom is 0.248 e. The lowest BCUT2D eigenvalue weighted by molar-refractivity contribution is -0.121. The maximum atomic E-state index is 12.7. The predicted octanol–water partition coefficient (Wildman–Crippen LogP) is 1.67. The summed E-state index contributed by atoms with van der Waals surface area (Å²) in [6, 6.07) is 4.68. The van der Waals surface area contributed by atoms with Crippen LogP contribution in [0, 0.1) is 0 Å². The first-order valence-electron chi connectivity index (χ1n) is 7.27. The number of rotatable bonds is 8. The van der Waals surface area contributed by atoms with Crippen LogP contribution in [-0.4, -0.2) is 44.9 Å². The van der Waals surface area contributed by atoms with E-state index in [9.17, 15) is 4.79 Å². The molecule has 1 atom stereocenters. The molecule has 0 saturated heterocycles. The molecule has 1 aromatic heterocycles. The summed E-state index contributed by atoms with van der Waals surface area (Å²) in [5, 5.41) is 2.38. The molecule has 130 valence electrons. The molecule has 1 amide bonds. The van der Waals surface area contributed by atoms with Crippen LogP contribution in [0.5, 0.6) is 11.5 Å². The zero-order chi connectivity index (χ0) is 17.5.